The Morgan fingerprint density at radius 1 is 1.42 bits per heavy atom. The van der Waals surface area contributed by atoms with E-state index in [0.717, 1.165) is 31.3 Å². The van der Waals surface area contributed by atoms with E-state index in [1.165, 1.54) is 5.57 Å². The maximum Gasteiger partial charge on any atom is -0.00511 e. The molecule has 0 saturated carbocycles. The summed E-state index contributed by atoms with van der Waals surface area (Å²) in [4.78, 5) is 0. The van der Waals surface area contributed by atoms with Crippen LogP contribution in [0.15, 0.2) is 23.8 Å². The molecule has 0 aromatic rings. The first-order valence-electron chi connectivity index (χ1n) is 4.56. The van der Waals surface area contributed by atoms with Crippen molar-refractivity contribution < 1.29 is 0 Å². The van der Waals surface area contributed by atoms with Crippen LogP contribution in [-0.2, 0) is 0 Å². The van der Waals surface area contributed by atoms with Crippen LogP contribution in [0, 0.1) is 12.3 Å². The third kappa shape index (κ3) is 4.79. The molecule has 0 nitrogen and oxygen atoms in total. The molecular weight excluding hydrogens is 144 g/mol. The Bertz CT molecular complexity index is 195. The Morgan fingerprint density at radius 3 is 2.42 bits per heavy atom. The lowest BCUT2D eigenvalue weighted by Gasteiger charge is -1.99. The standard InChI is InChI=1S/C12H18/c1-5-11(4)9-8-10-12(6-2)7-3/h1,10H,4,6-9H2,2-3H3. The molecule has 0 amide bonds. The maximum atomic E-state index is 5.18. The molecule has 66 valence electrons. The van der Waals surface area contributed by atoms with Crippen molar-refractivity contribution in [1.82, 2.24) is 0 Å². The van der Waals surface area contributed by atoms with Gasteiger partial charge in [-0.15, -0.1) is 6.42 Å². The number of terminal acetylenes is 1. The van der Waals surface area contributed by atoms with Gasteiger partial charge in [-0.1, -0.05) is 38.0 Å². The summed E-state index contributed by atoms with van der Waals surface area (Å²) in [5.74, 6) is 2.55. The average Bonchev–Trinajstić information content (AvgIpc) is 2.12. The zero-order chi connectivity index (χ0) is 9.40. The summed E-state index contributed by atoms with van der Waals surface area (Å²) in [6.07, 6.45) is 11.7. The summed E-state index contributed by atoms with van der Waals surface area (Å²) in [5, 5.41) is 0. The van der Waals surface area contributed by atoms with Crippen LogP contribution in [0.1, 0.15) is 39.5 Å². The molecule has 0 aliphatic rings. The second kappa shape index (κ2) is 6.73. The molecule has 0 aliphatic carbocycles. The van der Waals surface area contributed by atoms with Crippen molar-refractivity contribution in [1.29, 1.82) is 0 Å². The van der Waals surface area contributed by atoms with E-state index < -0.39 is 0 Å². The van der Waals surface area contributed by atoms with E-state index in [1.807, 2.05) is 0 Å². The van der Waals surface area contributed by atoms with Gasteiger partial charge in [0, 0.05) is 0 Å². The minimum Gasteiger partial charge on any atom is -0.115 e. The van der Waals surface area contributed by atoms with Crippen molar-refractivity contribution in [3.63, 3.8) is 0 Å². The zero-order valence-corrected chi connectivity index (χ0v) is 8.19. The third-order valence-corrected chi connectivity index (χ3v) is 1.99. The predicted molar refractivity (Wildman–Crippen MR) is 55.9 cm³/mol. The highest BCUT2D eigenvalue weighted by Gasteiger charge is 1.90. The van der Waals surface area contributed by atoms with Crippen molar-refractivity contribution in [3.05, 3.63) is 23.8 Å². The zero-order valence-electron chi connectivity index (χ0n) is 8.19. The summed E-state index contributed by atoms with van der Waals surface area (Å²) in [5.41, 5.74) is 2.41. The minimum absolute atomic E-state index is 0.901. The van der Waals surface area contributed by atoms with Gasteiger partial charge in [-0.25, -0.2) is 0 Å². The molecule has 0 aromatic heterocycles. The number of rotatable bonds is 5. The Labute approximate surface area is 76.4 Å². The monoisotopic (exact) mass is 162 g/mol. The maximum absolute atomic E-state index is 5.18. The van der Waals surface area contributed by atoms with Crippen molar-refractivity contribution in [2.75, 3.05) is 0 Å². The first kappa shape index (κ1) is 11.0. The van der Waals surface area contributed by atoms with Gasteiger partial charge in [0.1, 0.15) is 0 Å². The quantitative estimate of drug-likeness (QED) is 0.427. The highest BCUT2D eigenvalue weighted by molar-refractivity contribution is 5.21. The molecular formula is C12H18. The molecule has 0 saturated heterocycles. The summed E-state index contributed by atoms with van der Waals surface area (Å²) in [7, 11) is 0. The van der Waals surface area contributed by atoms with E-state index in [9.17, 15) is 0 Å². The Balaban J connectivity index is 3.73. The summed E-state index contributed by atoms with van der Waals surface area (Å²) >= 11 is 0. The van der Waals surface area contributed by atoms with E-state index in [0.29, 0.717) is 0 Å². The molecule has 0 atom stereocenters. The Hall–Kier alpha value is -0.960. The summed E-state index contributed by atoms with van der Waals surface area (Å²) < 4.78 is 0. The van der Waals surface area contributed by atoms with Gasteiger partial charge in [-0.2, -0.15) is 0 Å². The van der Waals surface area contributed by atoms with Crippen LogP contribution in [0.2, 0.25) is 0 Å². The van der Waals surface area contributed by atoms with Gasteiger partial charge >= 0.3 is 0 Å². The molecule has 0 bridgehead atoms. The lowest BCUT2D eigenvalue weighted by atomic mass is 10.1. The third-order valence-electron chi connectivity index (χ3n) is 1.99. The van der Waals surface area contributed by atoms with Crippen LogP contribution in [0.5, 0.6) is 0 Å². The summed E-state index contributed by atoms with van der Waals surface area (Å²) in [6.45, 7) is 8.13. The molecule has 0 heterocycles. The van der Waals surface area contributed by atoms with E-state index in [1.54, 1.807) is 0 Å². The first-order chi connectivity index (χ1) is 5.74. The molecule has 0 N–H and O–H groups in total. The molecule has 0 aromatic carbocycles. The topological polar surface area (TPSA) is 0 Å². The van der Waals surface area contributed by atoms with Crippen LogP contribution in [0.3, 0.4) is 0 Å². The Kier molecular flexibility index (Phi) is 6.19. The van der Waals surface area contributed by atoms with Crippen LogP contribution in [0.4, 0.5) is 0 Å². The molecule has 0 heteroatoms. The van der Waals surface area contributed by atoms with Crippen LogP contribution in [0.25, 0.3) is 0 Å². The molecule has 0 unspecified atom stereocenters. The fourth-order valence-corrected chi connectivity index (χ4v) is 1.06. The highest BCUT2D eigenvalue weighted by Crippen LogP contribution is 2.09. The summed E-state index contributed by atoms with van der Waals surface area (Å²) in [6, 6.07) is 0. The van der Waals surface area contributed by atoms with Gasteiger partial charge < -0.3 is 0 Å². The lowest BCUT2D eigenvalue weighted by Crippen LogP contribution is -1.80. The van der Waals surface area contributed by atoms with Gasteiger partial charge in [0.2, 0.25) is 0 Å². The normalized spacial score (nSPS) is 8.75. The van der Waals surface area contributed by atoms with Gasteiger partial charge in [0.15, 0.2) is 0 Å². The lowest BCUT2D eigenvalue weighted by molar-refractivity contribution is 0.926. The predicted octanol–water partition coefficient (Wildman–Crippen LogP) is 3.70. The van der Waals surface area contributed by atoms with Crippen molar-refractivity contribution in [3.8, 4) is 12.3 Å². The van der Waals surface area contributed by atoms with Crippen molar-refractivity contribution >= 4 is 0 Å². The van der Waals surface area contributed by atoms with Crippen LogP contribution < -0.4 is 0 Å². The molecule has 12 heavy (non-hydrogen) atoms. The first-order valence-corrected chi connectivity index (χ1v) is 4.56. The molecule has 0 radical (unpaired) electrons. The average molecular weight is 162 g/mol. The van der Waals surface area contributed by atoms with Gasteiger partial charge in [0.25, 0.3) is 0 Å². The SMILES string of the molecule is C#CC(=C)CCC=C(CC)CC. The second-order valence-electron chi connectivity index (χ2n) is 2.86. The second-order valence-corrected chi connectivity index (χ2v) is 2.86. The van der Waals surface area contributed by atoms with E-state index in [2.05, 4.69) is 32.4 Å². The number of hydrogen-bond acceptors (Lipinski definition) is 0. The molecule has 0 aliphatic heterocycles. The highest BCUT2D eigenvalue weighted by atomic mass is 14.0. The largest absolute Gasteiger partial charge is 0.115 e. The van der Waals surface area contributed by atoms with Crippen LogP contribution >= 0.6 is 0 Å². The van der Waals surface area contributed by atoms with Gasteiger partial charge in [-0.3, -0.25) is 0 Å². The van der Waals surface area contributed by atoms with Gasteiger partial charge in [0.05, 0.1) is 0 Å². The Morgan fingerprint density at radius 2 is 2.00 bits per heavy atom. The minimum atomic E-state index is 0.901. The van der Waals surface area contributed by atoms with E-state index in [-0.39, 0.29) is 0 Å². The van der Waals surface area contributed by atoms with Gasteiger partial charge in [-0.05, 0) is 31.3 Å². The van der Waals surface area contributed by atoms with Crippen molar-refractivity contribution in [2.24, 2.45) is 0 Å². The van der Waals surface area contributed by atoms with Crippen LogP contribution in [-0.4, -0.2) is 0 Å². The molecule has 0 spiro atoms. The fraction of sp³-hybridized carbons (Fsp3) is 0.500. The van der Waals surface area contributed by atoms with E-state index in [4.69, 9.17) is 6.42 Å². The number of allylic oxidation sites excluding steroid dienone is 3. The van der Waals surface area contributed by atoms with E-state index >= 15 is 0 Å². The smallest absolute Gasteiger partial charge is 0.00511 e. The molecule has 0 rings (SSSR count). The fourth-order valence-electron chi connectivity index (χ4n) is 1.06. The number of hydrogen-bond donors (Lipinski definition) is 0. The molecule has 0 fully saturated rings. The van der Waals surface area contributed by atoms with Crippen molar-refractivity contribution in [2.45, 2.75) is 39.5 Å².